The number of fused-ring (bicyclic) bond motifs is 1. The smallest absolute Gasteiger partial charge is 0.239 e. The first-order valence-corrected chi connectivity index (χ1v) is 11.0. The van der Waals surface area contributed by atoms with Gasteiger partial charge in [0.25, 0.3) is 0 Å². The molecular weight excluding hydrogens is 424 g/mol. The van der Waals surface area contributed by atoms with Crippen molar-refractivity contribution in [1.82, 2.24) is 15.6 Å². The van der Waals surface area contributed by atoms with Crippen LogP contribution in [-0.4, -0.2) is 36.4 Å². The summed E-state index contributed by atoms with van der Waals surface area (Å²) in [6.07, 6.45) is 1.15. The minimum absolute atomic E-state index is 0.104. The Morgan fingerprint density at radius 3 is 2.62 bits per heavy atom. The number of para-hydroxylation sites is 1. The molecule has 7 heteroatoms. The van der Waals surface area contributed by atoms with Gasteiger partial charge in [-0.15, -0.1) is 0 Å². The van der Waals surface area contributed by atoms with E-state index in [9.17, 15) is 4.79 Å². The highest BCUT2D eigenvalue weighted by molar-refractivity contribution is 6.16. The van der Waals surface area contributed by atoms with Crippen molar-refractivity contribution >= 4 is 23.0 Å². The molecule has 2 aromatic carbocycles. The Hall–Kier alpha value is -4.39. The summed E-state index contributed by atoms with van der Waals surface area (Å²) in [6, 6.07) is 21.6. The van der Waals surface area contributed by atoms with Crippen molar-refractivity contribution in [3.05, 3.63) is 114 Å². The molecule has 3 aromatic rings. The van der Waals surface area contributed by atoms with Gasteiger partial charge in [-0.1, -0.05) is 49.6 Å². The van der Waals surface area contributed by atoms with Crippen LogP contribution in [0.25, 0.3) is 0 Å². The van der Waals surface area contributed by atoms with E-state index in [1.165, 1.54) is 0 Å². The highest BCUT2D eigenvalue weighted by atomic mass is 16.1. The van der Waals surface area contributed by atoms with E-state index in [1.54, 1.807) is 13.2 Å². The summed E-state index contributed by atoms with van der Waals surface area (Å²) in [5.74, 6) is 0.430. The number of rotatable bonds is 7. The average Bonchev–Trinajstić information content (AvgIpc) is 2.95. The lowest BCUT2D eigenvalue weighted by molar-refractivity contribution is -0.119. The molecule has 1 aromatic heterocycles. The summed E-state index contributed by atoms with van der Waals surface area (Å²) < 4.78 is 0. The first-order valence-electron chi connectivity index (χ1n) is 11.0. The molecule has 0 saturated heterocycles. The number of likely N-dealkylation sites (N-methyl/N-ethyl adjacent to an activating group) is 1. The molecule has 1 aliphatic rings. The van der Waals surface area contributed by atoms with Crippen LogP contribution in [-0.2, 0) is 4.79 Å². The molecule has 2 heterocycles. The second kappa shape index (κ2) is 10.0. The molecule has 172 valence electrons. The molecule has 0 aliphatic carbocycles. The normalized spacial score (nSPS) is 15.0. The quantitative estimate of drug-likeness (QED) is 0.508. The van der Waals surface area contributed by atoms with Crippen LogP contribution in [0, 0.1) is 6.92 Å². The van der Waals surface area contributed by atoms with E-state index in [-0.39, 0.29) is 12.5 Å². The third-order valence-electron chi connectivity index (χ3n) is 5.48. The number of nitrogens with zero attached hydrogens (tertiary/aromatic N) is 3. The van der Waals surface area contributed by atoms with Crippen LogP contribution >= 0.6 is 0 Å². The van der Waals surface area contributed by atoms with Crippen molar-refractivity contribution < 1.29 is 4.79 Å². The van der Waals surface area contributed by atoms with Gasteiger partial charge in [-0.3, -0.25) is 14.8 Å². The van der Waals surface area contributed by atoms with Crippen LogP contribution in [0.4, 0.5) is 11.4 Å². The van der Waals surface area contributed by atoms with Crippen molar-refractivity contribution in [3.63, 3.8) is 0 Å². The third-order valence-corrected chi connectivity index (χ3v) is 5.48. The van der Waals surface area contributed by atoms with Gasteiger partial charge in [0.2, 0.25) is 5.91 Å². The Balaban J connectivity index is 1.74. The van der Waals surface area contributed by atoms with E-state index in [1.807, 2.05) is 78.6 Å². The van der Waals surface area contributed by atoms with Crippen LogP contribution in [0.2, 0.25) is 0 Å². The Morgan fingerprint density at radius 1 is 1.09 bits per heavy atom. The number of pyridine rings is 1. The number of amides is 1. The van der Waals surface area contributed by atoms with Crippen LogP contribution in [0.5, 0.6) is 0 Å². The van der Waals surface area contributed by atoms with E-state index < -0.39 is 6.17 Å². The number of carbonyl (C=O) groups is 1. The van der Waals surface area contributed by atoms with Crippen molar-refractivity contribution in [2.24, 2.45) is 4.99 Å². The van der Waals surface area contributed by atoms with Gasteiger partial charge < -0.3 is 20.9 Å². The highest BCUT2D eigenvalue weighted by Crippen LogP contribution is 2.31. The number of hydrogen-bond acceptors (Lipinski definition) is 6. The zero-order chi connectivity index (χ0) is 24.1. The van der Waals surface area contributed by atoms with Crippen molar-refractivity contribution in [2.75, 3.05) is 23.8 Å². The van der Waals surface area contributed by atoms with Gasteiger partial charge in [0.05, 0.1) is 28.6 Å². The number of aromatic nitrogens is 1. The predicted molar refractivity (Wildman–Crippen MR) is 138 cm³/mol. The lowest BCUT2D eigenvalue weighted by Gasteiger charge is -2.29. The van der Waals surface area contributed by atoms with Crippen molar-refractivity contribution in [1.29, 1.82) is 0 Å². The molecule has 4 rings (SSSR count). The lowest BCUT2D eigenvalue weighted by atomic mass is 10.0. The fourth-order valence-electron chi connectivity index (χ4n) is 3.81. The zero-order valence-corrected chi connectivity index (χ0v) is 19.4. The molecular formula is C27H28N6O. The predicted octanol–water partition coefficient (Wildman–Crippen LogP) is 3.81. The highest BCUT2D eigenvalue weighted by Gasteiger charge is 2.29. The van der Waals surface area contributed by atoms with Gasteiger partial charge in [-0.25, -0.2) is 0 Å². The molecule has 1 amide bonds. The first-order chi connectivity index (χ1) is 16.5. The Bertz CT molecular complexity index is 1250. The minimum atomic E-state index is -0.584. The summed E-state index contributed by atoms with van der Waals surface area (Å²) in [6.45, 7) is 10.6. The SMILES string of the molecule is C=C(Nc1cccc(C)c1)NC1N=C(c2ccccn2)c2ccccc2N(CC(=O)NC)C1=C. The Labute approximate surface area is 199 Å². The number of aryl methyl sites for hydroxylation is 1. The van der Waals surface area contributed by atoms with Gasteiger partial charge >= 0.3 is 0 Å². The topological polar surface area (TPSA) is 81.7 Å². The molecule has 1 unspecified atom stereocenters. The van der Waals surface area contributed by atoms with Crippen LogP contribution in [0.15, 0.2) is 103 Å². The van der Waals surface area contributed by atoms with Crippen LogP contribution < -0.4 is 20.9 Å². The van der Waals surface area contributed by atoms with E-state index in [2.05, 4.69) is 34.1 Å². The summed E-state index contributed by atoms with van der Waals surface area (Å²) in [5, 5.41) is 9.32. The van der Waals surface area contributed by atoms with Gasteiger partial charge in [0, 0.05) is 24.5 Å². The molecule has 0 radical (unpaired) electrons. The number of anilines is 2. The number of aliphatic imine (C=N–C) groups is 1. The van der Waals surface area contributed by atoms with Crippen LogP contribution in [0.1, 0.15) is 16.8 Å². The minimum Gasteiger partial charge on any atom is -0.358 e. The lowest BCUT2D eigenvalue weighted by Crippen LogP contribution is -2.41. The Morgan fingerprint density at radius 2 is 1.88 bits per heavy atom. The summed E-state index contributed by atoms with van der Waals surface area (Å²) in [5.41, 5.74) is 5.81. The molecule has 0 saturated carbocycles. The largest absolute Gasteiger partial charge is 0.358 e. The number of carbonyl (C=O) groups excluding carboxylic acids is 1. The fraction of sp³-hybridized carbons (Fsp3) is 0.148. The van der Waals surface area contributed by atoms with Gasteiger partial charge in [-0.05, 0) is 42.8 Å². The monoisotopic (exact) mass is 452 g/mol. The second-order valence-corrected chi connectivity index (χ2v) is 7.98. The molecule has 0 fully saturated rings. The zero-order valence-electron chi connectivity index (χ0n) is 19.4. The van der Waals surface area contributed by atoms with E-state index in [4.69, 9.17) is 4.99 Å². The Kier molecular flexibility index (Phi) is 6.73. The maximum atomic E-state index is 12.4. The maximum Gasteiger partial charge on any atom is 0.239 e. The van der Waals surface area contributed by atoms with Crippen LogP contribution in [0.3, 0.4) is 0 Å². The number of benzene rings is 2. The summed E-state index contributed by atoms with van der Waals surface area (Å²) in [7, 11) is 1.62. The number of nitrogens with one attached hydrogen (secondary N) is 3. The standard InChI is InChI=1S/C27H28N6O/c1-18-10-9-11-21(16-18)30-20(3)31-27-19(2)33(17-25(34)28-4)24-14-6-5-12-22(24)26(32-27)23-13-7-8-15-29-23/h5-16,27,30-31H,2-3,17H2,1,4H3,(H,28,34). The number of benzodiazepines with no additional fused rings is 1. The molecule has 34 heavy (non-hydrogen) atoms. The maximum absolute atomic E-state index is 12.4. The van der Waals surface area contributed by atoms with Gasteiger partial charge in [0.1, 0.15) is 6.54 Å². The van der Waals surface area contributed by atoms with Crippen molar-refractivity contribution in [2.45, 2.75) is 13.1 Å². The fourth-order valence-corrected chi connectivity index (χ4v) is 3.81. The molecule has 1 atom stereocenters. The second-order valence-electron chi connectivity index (χ2n) is 7.98. The van der Waals surface area contributed by atoms with Gasteiger partial charge in [0.15, 0.2) is 6.17 Å². The van der Waals surface area contributed by atoms with Gasteiger partial charge in [-0.2, -0.15) is 0 Å². The molecule has 7 nitrogen and oxygen atoms in total. The molecule has 3 N–H and O–H groups in total. The molecule has 0 spiro atoms. The first kappa shape index (κ1) is 22.8. The molecule has 1 aliphatic heterocycles. The summed E-state index contributed by atoms with van der Waals surface area (Å²) in [4.78, 5) is 23.8. The van der Waals surface area contributed by atoms with E-state index in [0.29, 0.717) is 17.2 Å². The number of hydrogen-bond donors (Lipinski definition) is 3. The van der Waals surface area contributed by atoms with E-state index in [0.717, 1.165) is 28.2 Å². The van der Waals surface area contributed by atoms with E-state index >= 15 is 0 Å². The molecule has 0 bridgehead atoms. The van der Waals surface area contributed by atoms with Crippen molar-refractivity contribution in [3.8, 4) is 0 Å². The third kappa shape index (κ3) is 4.99. The summed E-state index contributed by atoms with van der Waals surface area (Å²) >= 11 is 0. The average molecular weight is 453 g/mol.